The molecule has 0 radical (unpaired) electrons. The average Bonchev–Trinajstić information content (AvgIpc) is 3.11. The lowest BCUT2D eigenvalue weighted by Crippen LogP contribution is -2.45. The number of benzene rings is 1. The fourth-order valence-electron chi connectivity index (χ4n) is 3.57. The van der Waals surface area contributed by atoms with E-state index in [9.17, 15) is 19.2 Å². The first-order chi connectivity index (χ1) is 15.6. The lowest BCUT2D eigenvalue weighted by atomic mass is 10.1. The number of likely N-dealkylation sites (tertiary alicyclic amines) is 1. The average molecular weight is 474 g/mol. The number of aliphatic imine (C=N–C) groups is 1. The van der Waals surface area contributed by atoms with Crippen LogP contribution in [0.4, 0.5) is 5.69 Å². The third kappa shape index (κ3) is 7.59. The zero-order valence-corrected chi connectivity index (χ0v) is 20.1. The highest BCUT2D eigenvalue weighted by Crippen LogP contribution is 2.29. The number of amidine groups is 1. The molecule has 2 aliphatic rings. The van der Waals surface area contributed by atoms with Crippen LogP contribution in [0.2, 0.25) is 0 Å². The van der Waals surface area contributed by atoms with E-state index in [4.69, 9.17) is 0 Å². The fourth-order valence-corrected chi connectivity index (χ4v) is 4.69. The maximum absolute atomic E-state index is 12.5. The molecule has 0 aromatic heterocycles. The van der Waals surface area contributed by atoms with Crippen LogP contribution in [-0.4, -0.2) is 64.1 Å². The second kappa shape index (κ2) is 10.8. The summed E-state index contributed by atoms with van der Waals surface area (Å²) in [5.74, 6) is -1.31. The number of rotatable bonds is 6. The van der Waals surface area contributed by atoms with E-state index in [1.807, 2.05) is 20.8 Å². The predicted molar refractivity (Wildman–Crippen MR) is 129 cm³/mol. The number of carbonyl (C=O) groups excluding carboxylic acids is 4. The molecule has 1 fully saturated rings. The van der Waals surface area contributed by atoms with Crippen molar-refractivity contribution in [2.75, 3.05) is 25.0 Å². The minimum absolute atomic E-state index is 0.00768. The van der Waals surface area contributed by atoms with Crippen LogP contribution in [0.3, 0.4) is 0 Å². The maximum Gasteiger partial charge on any atom is 0.262 e. The number of hydrogen-bond acceptors (Lipinski definition) is 6. The predicted octanol–water partition coefficient (Wildman–Crippen LogP) is 2.14. The molecule has 0 unspecified atom stereocenters. The molecule has 1 aromatic carbocycles. The van der Waals surface area contributed by atoms with Crippen molar-refractivity contribution in [1.29, 1.82) is 0 Å². The first kappa shape index (κ1) is 24.8. The summed E-state index contributed by atoms with van der Waals surface area (Å²) in [6, 6.07) is 6.45. The molecule has 2 aliphatic heterocycles. The van der Waals surface area contributed by atoms with Gasteiger partial charge in [-0.15, -0.1) is 0 Å². The number of thioether (sulfide) groups is 1. The molecule has 9 nitrogen and oxygen atoms in total. The van der Waals surface area contributed by atoms with E-state index in [0.717, 1.165) is 25.9 Å². The summed E-state index contributed by atoms with van der Waals surface area (Å²) in [6.07, 6.45) is 3.37. The molecule has 1 aromatic rings. The number of hydrogen-bond donors (Lipinski definition) is 3. The first-order valence-electron chi connectivity index (χ1n) is 11.1. The summed E-state index contributed by atoms with van der Waals surface area (Å²) in [5, 5.41) is 8.27. The van der Waals surface area contributed by atoms with Gasteiger partial charge in [0.25, 0.3) is 11.8 Å². The Balaban J connectivity index is 1.49. The van der Waals surface area contributed by atoms with Gasteiger partial charge < -0.3 is 20.9 Å². The van der Waals surface area contributed by atoms with Gasteiger partial charge in [0.05, 0.1) is 6.54 Å². The van der Waals surface area contributed by atoms with Crippen molar-refractivity contribution < 1.29 is 19.2 Å². The molecule has 10 heteroatoms. The van der Waals surface area contributed by atoms with Crippen molar-refractivity contribution in [3.63, 3.8) is 0 Å². The van der Waals surface area contributed by atoms with Crippen molar-refractivity contribution in [2.45, 2.75) is 57.2 Å². The quantitative estimate of drug-likeness (QED) is 0.582. The molecule has 1 atom stereocenters. The molecule has 2 heterocycles. The van der Waals surface area contributed by atoms with Crippen molar-refractivity contribution in [2.24, 2.45) is 4.99 Å². The standard InChI is InChI=1S/C23H31N5O4S/c1-23(2,3)27-19(30)14-24-20(31)15-8-7-9-16(12-15)25-18(29)13-17-21(32)26-22(33-17)28-10-5-4-6-11-28/h7-9,12,17H,4-6,10-11,13-14H2,1-3H3,(H,24,31)(H,25,29)(H,27,30)/t17-/m1/s1. The molecule has 3 rings (SSSR count). The number of nitrogens with zero attached hydrogens (tertiary/aromatic N) is 2. The third-order valence-electron chi connectivity index (χ3n) is 5.06. The number of anilines is 1. The molecule has 0 saturated carbocycles. The Kier molecular flexibility index (Phi) is 8.12. The van der Waals surface area contributed by atoms with Gasteiger partial charge in [-0.05, 0) is 58.2 Å². The SMILES string of the molecule is CC(C)(C)NC(=O)CNC(=O)c1cccc(NC(=O)C[C@H]2SC(N3CCCCC3)=NC2=O)c1. The number of amides is 4. The van der Waals surface area contributed by atoms with Crippen LogP contribution < -0.4 is 16.0 Å². The first-order valence-corrected chi connectivity index (χ1v) is 12.0. The van der Waals surface area contributed by atoms with E-state index in [0.29, 0.717) is 16.4 Å². The molecule has 0 bridgehead atoms. The summed E-state index contributed by atoms with van der Waals surface area (Å²) < 4.78 is 0. The van der Waals surface area contributed by atoms with Gasteiger partial charge in [0, 0.05) is 36.3 Å². The van der Waals surface area contributed by atoms with Gasteiger partial charge in [0.1, 0.15) is 5.25 Å². The van der Waals surface area contributed by atoms with Gasteiger partial charge in [-0.2, -0.15) is 4.99 Å². The Morgan fingerprint density at radius 2 is 1.85 bits per heavy atom. The van der Waals surface area contributed by atoms with E-state index in [1.54, 1.807) is 18.2 Å². The van der Waals surface area contributed by atoms with Crippen molar-refractivity contribution in [3.8, 4) is 0 Å². The lowest BCUT2D eigenvalue weighted by molar-refractivity contribution is -0.121. The monoisotopic (exact) mass is 473 g/mol. The van der Waals surface area contributed by atoms with Crippen LogP contribution in [0.1, 0.15) is 56.8 Å². The van der Waals surface area contributed by atoms with E-state index in [1.165, 1.54) is 24.2 Å². The fraction of sp³-hybridized carbons (Fsp3) is 0.522. The molecular weight excluding hydrogens is 442 g/mol. The minimum Gasteiger partial charge on any atom is -0.351 e. The highest BCUT2D eigenvalue weighted by Gasteiger charge is 2.33. The van der Waals surface area contributed by atoms with Crippen molar-refractivity contribution in [3.05, 3.63) is 29.8 Å². The molecular formula is C23H31N5O4S. The van der Waals surface area contributed by atoms with Crippen LogP contribution in [-0.2, 0) is 14.4 Å². The second-order valence-electron chi connectivity index (χ2n) is 9.20. The van der Waals surface area contributed by atoms with Gasteiger partial charge in [-0.1, -0.05) is 17.8 Å². The van der Waals surface area contributed by atoms with Crippen LogP contribution >= 0.6 is 11.8 Å². The molecule has 1 saturated heterocycles. The van der Waals surface area contributed by atoms with E-state index >= 15 is 0 Å². The third-order valence-corrected chi connectivity index (χ3v) is 6.27. The summed E-state index contributed by atoms with van der Waals surface area (Å²) in [7, 11) is 0. The van der Waals surface area contributed by atoms with Gasteiger partial charge >= 0.3 is 0 Å². The zero-order valence-electron chi connectivity index (χ0n) is 19.3. The van der Waals surface area contributed by atoms with Crippen LogP contribution in [0.25, 0.3) is 0 Å². The minimum atomic E-state index is -0.533. The molecule has 4 amide bonds. The number of carbonyl (C=O) groups is 4. The smallest absolute Gasteiger partial charge is 0.262 e. The van der Waals surface area contributed by atoms with Crippen molar-refractivity contribution >= 4 is 46.2 Å². The molecule has 0 spiro atoms. The highest BCUT2D eigenvalue weighted by atomic mass is 32.2. The summed E-state index contributed by atoms with van der Waals surface area (Å²) in [4.78, 5) is 55.4. The Morgan fingerprint density at radius 3 is 2.55 bits per heavy atom. The van der Waals surface area contributed by atoms with Gasteiger partial charge in [-0.3, -0.25) is 19.2 Å². The Labute approximate surface area is 198 Å². The van der Waals surface area contributed by atoms with Crippen LogP contribution in [0.5, 0.6) is 0 Å². The van der Waals surface area contributed by atoms with Crippen LogP contribution in [0.15, 0.2) is 29.3 Å². The summed E-state index contributed by atoms with van der Waals surface area (Å²) in [6.45, 7) is 7.22. The molecule has 0 aliphatic carbocycles. The maximum atomic E-state index is 12.5. The van der Waals surface area contributed by atoms with Crippen LogP contribution in [0, 0.1) is 0 Å². The lowest BCUT2D eigenvalue weighted by Gasteiger charge is -2.27. The summed E-state index contributed by atoms with van der Waals surface area (Å²) >= 11 is 1.35. The number of nitrogens with one attached hydrogen (secondary N) is 3. The largest absolute Gasteiger partial charge is 0.351 e. The normalized spacial score (nSPS) is 18.5. The van der Waals surface area contributed by atoms with Crippen molar-refractivity contribution in [1.82, 2.24) is 15.5 Å². The van der Waals surface area contributed by atoms with Gasteiger partial charge in [0.2, 0.25) is 11.8 Å². The van der Waals surface area contributed by atoms with Gasteiger partial charge in [-0.25, -0.2) is 0 Å². The van der Waals surface area contributed by atoms with E-state index in [-0.39, 0.29) is 36.2 Å². The second-order valence-corrected chi connectivity index (χ2v) is 10.4. The molecule has 33 heavy (non-hydrogen) atoms. The molecule has 178 valence electrons. The highest BCUT2D eigenvalue weighted by molar-refractivity contribution is 8.15. The van der Waals surface area contributed by atoms with E-state index in [2.05, 4.69) is 25.8 Å². The van der Waals surface area contributed by atoms with Gasteiger partial charge in [0.15, 0.2) is 5.17 Å². The zero-order chi connectivity index (χ0) is 24.0. The Morgan fingerprint density at radius 1 is 1.12 bits per heavy atom. The summed E-state index contributed by atoms with van der Waals surface area (Å²) in [5.41, 5.74) is 0.378. The topological polar surface area (TPSA) is 120 Å². The van der Waals surface area contributed by atoms with E-state index < -0.39 is 11.2 Å². The Bertz CT molecular complexity index is 950. The molecule has 3 N–H and O–H groups in total. The Hall–Kier alpha value is -2.88. The number of piperidine rings is 1.